The second-order valence-corrected chi connectivity index (χ2v) is 6.63. The average molecular weight is 375 g/mol. The third-order valence-electron chi connectivity index (χ3n) is 4.75. The van der Waals surface area contributed by atoms with Crippen LogP contribution < -0.4 is 11.1 Å². The number of nitrogens with one attached hydrogen (secondary N) is 1. The Hall–Kier alpha value is -1.95. The van der Waals surface area contributed by atoms with E-state index in [1.54, 1.807) is 6.07 Å². The highest BCUT2D eigenvalue weighted by Crippen LogP contribution is 2.20. The lowest BCUT2D eigenvalue weighted by Crippen LogP contribution is -2.35. The van der Waals surface area contributed by atoms with Gasteiger partial charge in [-0.15, -0.1) is 12.4 Å². The molecule has 1 amide bonds. The van der Waals surface area contributed by atoms with Crippen molar-refractivity contribution < 1.29 is 4.79 Å². The van der Waals surface area contributed by atoms with Crippen LogP contribution in [0.5, 0.6) is 0 Å². The Labute approximate surface area is 161 Å². The predicted molar refractivity (Wildman–Crippen MR) is 106 cm³/mol. The number of aromatic nitrogens is 1. The van der Waals surface area contributed by atoms with E-state index in [1.165, 1.54) is 12.8 Å². The summed E-state index contributed by atoms with van der Waals surface area (Å²) in [4.78, 5) is 18.4. The van der Waals surface area contributed by atoms with Crippen LogP contribution in [0.4, 0.5) is 0 Å². The summed E-state index contributed by atoms with van der Waals surface area (Å²) in [6.45, 7) is 3.74. The molecule has 1 aromatic carbocycles. The molecule has 1 saturated heterocycles. The summed E-state index contributed by atoms with van der Waals surface area (Å²) in [5, 5.41) is 3.48. The summed E-state index contributed by atoms with van der Waals surface area (Å²) in [5.41, 5.74) is 8.19. The number of carbonyl (C=O) groups is 1. The smallest absolute Gasteiger partial charge is 0.248 e. The van der Waals surface area contributed by atoms with Crippen molar-refractivity contribution in [2.75, 3.05) is 13.1 Å². The Morgan fingerprint density at radius 3 is 2.81 bits per heavy atom. The van der Waals surface area contributed by atoms with Crippen molar-refractivity contribution in [1.82, 2.24) is 15.2 Å². The minimum absolute atomic E-state index is 0. The molecular weight excluding hydrogens is 348 g/mol. The van der Waals surface area contributed by atoms with E-state index in [2.05, 4.69) is 27.3 Å². The Kier molecular flexibility index (Phi) is 8.04. The van der Waals surface area contributed by atoms with E-state index < -0.39 is 0 Å². The number of nitrogens with two attached hydrogens (primary N) is 1. The van der Waals surface area contributed by atoms with Gasteiger partial charge in [-0.2, -0.15) is 0 Å². The number of nitrogens with zero attached hydrogens (tertiary/aromatic N) is 2. The maximum absolute atomic E-state index is 11.5. The van der Waals surface area contributed by atoms with Gasteiger partial charge in [0.25, 0.3) is 0 Å². The van der Waals surface area contributed by atoms with Crippen molar-refractivity contribution in [3.63, 3.8) is 0 Å². The van der Waals surface area contributed by atoms with Gasteiger partial charge < -0.3 is 11.1 Å². The normalized spacial score (nSPS) is 17.3. The van der Waals surface area contributed by atoms with Gasteiger partial charge in [-0.3, -0.25) is 14.7 Å². The van der Waals surface area contributed by atoms with Crippen LogP contribution in [-0.2, 0) is 13.1 Å². The summed E-state index contributed by atoms with van der Waals surface area (Å²) in [5.74, 6) is -0.378. The molecule has 3 N–H and O–H groups in total. The Bertz CT molecular complexity index is 687. The van der Waals surface area contributed by atoms with E-state index in [-0.39, 0.29) is 18.3 Å². The van der Waals surface area contributed by atoms with Gasteiger partial charge in [0.2, 0.25) is 5.91 Å². The van der Waals surface area contributed by atoms with Crippen LogP contribution in [0.1, 0.15) is 40.9 Å². The zero-order valence-corrected chi connectivity index (χ0v) is 15.8. The first kappa shape index (κ1) is 20.4. The van der Waals surface area contributed by atoms with E-state index in [4.69, 9.17) is 5.73 Å². The van der Waals surface area contributed by atoms with Gasteiger partial charge in [-0.05, 0) is 62.2 Å². The van der Waals surface area contributed by atoms with Crippen LogP contribution in [0.15, 0.2) is 48.7 Å². The molecule has 0 aliphatic carbocycles. The fraction of sp³-hybridized carbons (Fsp3) is 0.400. The number of primary amides is 1. The van der Waals surface area contributed by atoms with E-state index in [1.807, 2.05) is 30.5 Å². The van der Waals surface area contributed by atoms with Gasteiger partial charge >= 0.3 is 0 Å². The lowest BCUT2D eigenvalue weighted by atomic mass is 10.0. The van der Waals surface area contributed by atoms with Gasteiger partial charge in [-0.25, -0.2) is 0 Å². The second kappa shape index (κ2) is 10.3. The SMILES string of the molecule is Cl.NC(=O)c1cccc(CN(Cc2ccccn2)C2CCCNCC2)c1. The predicted octanol–water partition coefficient (Wildman–Crippen LogP) is 2.75. The fourth-order valence-corrected chi connectivity index (χ4v) is 3.44. The molecule has 0 saturated carbocycles. The van der Waals surface area contributed by atoms with Crippen molar-refractivity contribution >= 4 is 18.3 Å². The summed E-state index contributed by atoms with van der Waals surface area (Å²) in [6.07, 6.45) is 5.33. The van der Waals surface area contributed by atoms with Crippen LogP contribution in [0.25, 0.3) is 0 Å². The number of hydrogen-bond acceptors (Lipinski definition) is 4. The largest absolute Gasteiger partial charge is 0.366 e. The van der Waals surface area contributed by atoms with Crippen molar-refractivity contribution in [1.29, 1.82) is 0 Å². The van der Waals surface area contributed by atoms with Crippen molar-refractivity contribution in [3.05, 3.63) is 65.5 Å². The van der Waals surface area contributed by atoms with Crippen molar-refractivity contribution in [2.24, 2.45) is 5.73 Å². The number of halogens is 1. The first-order valence-corrected chi connectivity index (χ1v) is 8.96. The van der Waals surface area contributed by atoms with Gasteiger partial charge in [0, 0.05) is 30.9 Å². The molecule has 3 rings (SSSR count). The minimum Gasteiger partial charge on any atom is -0.366 e. The van der Waals surface area contributed by atoms with E-state index in [9.17, 15) is 4.79 Å². The molecule has 6 heteroatoms. The third kappa shape index (κ3) is 5.80. The highest BCUT2D eigenvalue weighted by Gasteiger charge is 2.21. The van der Waals surface area contributed by atoms with Crippen LogP contribution in [-0.4, -0.2) is 34.9 Å². The van der Waals surface area contributed by atoms with Crippen molar-refractivity contribution in [2.45, 2.75) is 38.4 Å². The number of amides is 1. The molecule has 140 valence electrons. The Balaban J connectivity index is 0.00000243. The van der Waals surface area contributed by atoms with Gasteiger partial charge in [0.15, 0.2) is 0 Å². The first-order chi connectivity index (χ1) is 12.2. The zero-order chi connectivity index (χ0) is 17.5. The fourth-order valence-electron chi connectivity index (χ4n) is 3.44. The average Bonchev–Trinajstić information content (AvgIpc) is 2.92. The van der Waals surface area contributed by atoms with Crippen molar-refractivity contribution in [3.8, 4) is 0 Å². The van der Waals surface area contributed by atoms with E-state index in [0.717, 1.165) is 43.9 Å². The molecule has 2 aromatic rings. The molecule has 1 aliphatic rings. The standard InChI is InChI=1S/C20H26N4O.ClH/c21-20(25)17-6-3-5-16(13-17)14-24(15-18-7-1-2-11-23-18)19-8-4-10-22-12-9-19;/h1-3,5-7,11,13,19,22H,4,8-10,12,14-15H2,(H2,21,25);1H. The molecule has 2 heterocycles. The molecule has 1 atom stereocenters. The molecule has 5 nitrogen and oxygen atoms in total. The number of rotatable bonds is 6. The molecule has 0 radical (unpaired) electrons. The minimum atomic E-state index is -0.378. The summed E-state index contributed by atoms with van der Waals surface area (Å²) in [7, 11) is 0. The highest BCUT2D eigenvalue weighted by molar-refractivity contribution is 5.92. The maximum Gasteiger partial charge on any atom is 0.248 e. The number of hydrogen-bond donors (Lipinski definition) is 2. The van der Waals surface area contributed by atoms with Crippen LogP contribution in [0.3, 0.4) is 0 Å². The summed E-state index contributed by atoms with van der Waals surface area (Å²) < 4.78 is 0. The van der Waals surface area contributed by atoms with Crippen LogP contribution >= 0.6 is 12.4 Å². The van der Waals surface area contributed by atoms with Crippen LogP contribution in [0.2, 0.25) is 0 Å². The molecule has 0 spiro atoms. The Morgan fingerprint density at radius 2 is 2.04 bits per heavy atom. The van der Waals surface area contributed by atoms with Gasteiger partial charge in [-0.1, -0.05) is 18.2 Å². The quantitative estimate of drug-likeness (QED) is 0.815. The molecule has 1 unspecified atom stereocenters. The van der Waals surface area contributed by atoms with E-state index in [0.29, 0.717) is 11.6 Å². The first-order valence-electron chi connectivity index (χ1n) is 8.96. The van der Waals surface area contributed by atoms with Gasteiger partial charge in [0.05, 0.1) is 5.69 Å². The lowest BCUT2D eigenvalue weighted by Gasteiger charge is -2.31. The molecule has 0 bridgehead atoms. The molecule has 26 heavy (non-hydrogen) atoms. The van der Waals surface area contributed by atoms with Gasteiger partial charge in [0.1, 0.15) is 0 Å². The molecular formula is C20H27ClN4O. The molecule has 1 aliphatic heterocycles. The summed E-state index contributed by atoms with van der Waals surface area (Å²) in [6, 6.07) is 14.2. The summed E-state index contributed by atoms with van der Waals surface area (Å²) >= 11 is 0. The highest BCUT2D eigenvalue weighted by atomic mass is 35.5. The van der Waals surface area contributed by atoms with E-state index >= 15 is 0 Å². The second-order valence-electron chi connectivity index (χ2n) is 6.63. The topological polar surface area (TPSA) is 71.2 Å². The zero-order valence-electron chi connectivity index (χ0n) is 14.9. The third-order valence-corrected chi connectivity index (χ3v) is 4.75. The number of pyridine rings is 1. The lowest BCUT2D eigenvalue weighted by molar-refractivity contribution is 0.1000. The maximum atomic E-state index is 11.5. The Morgan fingerprint density at radius 1 is 1.15 bits per heavy atom. The van der Waals surface area contributed by atoms with Crippen LogP contribution in [0, 0.1) is 0 Å². The number of carbonyl (C=O) groups excluding carboxylic acids is 1. The monoisotopic (exact) mass is 374 g/mol. The molecule has 1 aromatic heterocycles. The number of benzene rings is 1. The molecule has 1 fully saturated rings.